The Morgan fingerprint density at radius 3 is 2.61 bits per heavy atom. The summed E-state index contributed by atoms with van der Waals surface area (Å²) in [6.45, 7) is 5.79. The highest BCUT2D eigenvalue weighted by molar-refractivity contribution is 9.10. The molecule has 1 aliphatic carbocycles. The van der Waals surface area contributed by atoms with E-state index < -0.39 is 0 Å². The van der Waals surface area contributed by atoms with Crippen molar-refractivity contribution in [2.75, 3.05) is 11.4 Å². The monoisotopic (exact) mass is 373 g/mol. The third kappa shape index (κ3) is 3.74. The minimum absolute atomic E-state index is 0.772. The molecule has 1 aliphatic rings. The lowest BCUT2D eigenvalue weighted by atomic mass is 10.1. The van der Waals surface area contributed by atoms with Crippen LogP contribution in [0.2, 0.25) is 0 Å². The van der Waals surface area contributed by atoms with Gasteiger partial charge in [-0.05, 0) is 48.9 Å². The van der Waals surface area contributed by atoms with Crippen LogP contribution < -0.4 is 4.90 Å². The summed E-state index contributed by atoms with van der Waals surface area (Å²) >= 11 is 7.17. The molecule has 0 unspecified atom stereocenters. The Hall–Kier alpha value is -0.0200. The highest BCUT2D eigenvalue weighted by atomic mass is 79.9. The molecule has 0 aromatic heterocycles. The van der Waals surface area contributed by atoms with Crippen molar-refractivity contribution in [1.82, 2.24) is 0 Å². The molecule has 0 atom stereocenters. The molecule has 0 aliphatic heterocycles. The van der Waals surface area contributed by atoms with E-state index in [2.05, 4.69) is 68.8 Å². The Balaban J connectivity index is 2.19. The second kappa shape index (κ2) is 6.42. The smallest absolute Gasteiger partial charge is 0.0410 e. The second-order valence-corrected chi connectivity index (χ2v) is 6.99. The van der Waals surface area contributed by atoms with Crippen LogP contribution in [0.15, 0.2) is 22.7 Å². The van der Waals surface area contributed by atoms with Crippen molar-refractivity contribution in [3.8, 4) is 0 Å². The Morgan fingerprint density at radius 2 is 2.06 bits per heavy atom. The Kier molecular flexibility index (Phi) is 5.14. The maximum atomic E-state index is 3.61. The minimum Gasteiger partial charge on any atom is -0.368 e. The standard InChI is InChI=1S/C15H21Br2N/c1-11(2)7-8-18(14-4-5-14)15-6-3-13(17)9-12(15)10-16/h3,6,9,11,14H,4-5,7-8,10H2,1-2H3. The number of hydrogen-bond donors (Lipinski definition) is 0. The third-order valence-corrected chi connectivity index (χ3v) is 4.53. The van der Waals surface area contributed by atoms with Gasteiger partial charge in [0, 0.05) is 28.1 Å². The largest absolute Gasteiger partial charge is 0.368 e. The molecule has 1 aromatic carbocycles. The van der Waals surface area contributed by atoms with E-state index >= 15 is 0 Å². The van der Waals surface area contributed by atoms with Gasteiger partial charge in [0.15, 0.2) is 0 Å². The summed E-state index contributed by atoms with van der Waals surface area (Å²) in [5.41, 5.74) is 2.80. The molecule has 1 aromatic rings. The number of benzene rings is 1. The van der Waals surface area contributed by atoms with E-state index in [-0.39, 0.29) is 0 Å². The van der Waals surface area contributed by atoms with Gasteiger partial charge in [0.2, 0.25) is 0 Å². The molecule has 1 nitrogen and oxygen atoms in total. The summed E-state index contributed by atoms with van der Waals surface area (Å²) < 4.78 is 1.17. The first-order valence-electron chi connectivity index (χ1n) is 6.73. The average Bonchev–Trinajstić information content (AvgIpc) is 3.15. The van der Waals surface area contributed by atoms with Crippen molar-refractivity contribution in [3.05, 3.63) is 28.2 Å². The fourth-order valence-corrected chi connectivity index (χ4v) is 3.08. The lowest BCUT2D eigenvalue weighted by Gasteiger charge is -2.28. The molecule has 0 radical (unpaired) electrons. The highest BCUT2D eigenvalue weighted by Crippen LogP contribution is 2.35. The third-order valence-electron chi connectivity index (χ3n) is 3.43. The summed E-state index contributed by atoms with van der Waals surface area (Å²) in [4.78, 5) is 2.61. The van der Waals surface area contributed by atoms with Gasteiger partial charge in [0.05, 0.1) is 0 Å². The predicted octanol–water partition coefficient (Wildman–Crippen LogP) is 5.36. The van der Waals surface area contributed by atoms with E-state index in [4.69, 9.17) is 0 Å². The van der Waals surface area contributed by atoms with Crippen molar-refractivity contribution >= 4 is 37.5 Å². The van der Waals surface area contributed by atoms with Gasteiger partial charge in [0.25, 0.3) is 0 Å². The van der Waals surface area contributed by atoms with Crippen LogP contribution in [-0.4, -0.2) is 12.6 Å². The fourth-order valence-electron chi connectivity index (χ4n) is 2.22. The van der Waals surface area contributed by atoms with Gasteiger partial charge in [0.1, 0.15) is 0 Å². The van der Waals surface area contributed by atoms with Crippen LogP contribution in [0, 0.1) is 5.92 Å². The molecule has 0 saturated heterocycles. The highest BCUT2D eigenvalue weighted by Gasteiger charge is 2.30. The first-order chi connectivity index (χ1) is 8.61. The SMILES string of the molecule is CC(C)CCN(c1ccc(Br)cc1CBr)C1CC1. The summed E-state index contributed by atoms with van der Waals surface area (Å²) in [7, 11) is 0. The van der Waals surface area contributed by atoms with Gasteiger partial charge < -0.3 is 4.90 Å². The van der Waals surface area contributed by atoms with Gasteiger partial charge in [-0.25, -0.2) is 0 Å². The van der Waals surface area contributed by atoms with Gasteiger partial charge in [-0.3, -0.25) is 0 Å². The average molecular weight is 375 g/mol. The van der Waals surface area contributed by atoms with Crippen molar-refractivity contribution in [2.24, 2.45) is 5.92 Å². The van der Waals surface area contributed by atoms with Gasteiger partial charge in [-0.2, -0.15) is 0 Å². The molecule has 0 bridgehead atoms. The van der Waals surface area contributed by atoms with Crippen molar-refractivity contribution in [3.63, 3.8) is 0 Å². The molecule has 0 heterocycles. The number of halogens is 2. The number of hydrogen-bond acceptors (Lipinski definition) is 1. The molecule has 1 saturated carbocycles. The van der Waals surface area contributed by atoms with Crippen LogP contribution in [0.5, 0.6) is 0 Å². The van der Waals surface area contributed by atoms with E-state index in [1.807, 2.05) is 0 Å². The van der Waals surface area contributed by atoms with E-state index in [9.17, 15) is 0 Å². The molecule has 100 valence electrons. The minimum atomic E-state index is 0.772. The summed E-state index contributed by atoms with van der Waals surface area (Å²) in [5.74, 6) is 0.772. The number of rotatable bonds is 6. The van der Waals surface area contributed by atoms with Crippen molar-refractivity contribution in [2.45, 2.75) is 44.5 Å². The quantitative estimate of drug-likeness (QED) is 0.606. The van der Waals surface area contributed by atoms with E-state index in [1.54, 1.807) is 0 Å². The van der Waals surface area contributed by atoms with Crippen LogP contribution in [0.4, 0.5) is 5.69 Å². The Morgan fingerprint density at radius 1 is 1.33 bits per heavy atom. The maximum Gasteiger partial charge on any atom is 0.0410 e. The zero-order chi connectivity index (χ0) is 13.1. The molecule has 0 spiro atoms. The number of alkyl halides is 1. The molecular weight excluding hydrogens is 354 g/mol. The first kappa shape index (κ1) is 14.4. The van der Waals surface area contributed by atoms with Gasteiger partial charge >= 0.3 is 0 Å². The molecule has 2 rings (SSSR count). The molecule has 0 N–H and O–H groups in total. The van der Waals surface area contributed by atoms with Crippen LogP contribution in [-0.2, 0) is 5.33 Å². The van der Waals surface area contributed by atoms with E-state index in [1.165, 1.54) is 41.5 Å². The predicted molar refractivity (Wildman–Crippen MR) is 86.6 cm³/mol. The topological polar surface area (TPSA) is 3.24 Å². The van der Waals surface area contributed by atoms with Gasteiger partial charge in [-0.15, -0.1) is 0 Å². The Labute approximate surface area is 127 Å². The van der Waals surface area contributed by atoms with Crippen LogP contribution >= 0.6 is 31.9 Å². The number of anilines is 1. The normalized spacial score (nSPS) is 15.2. The molecule has 1 fully saturated rings. The van der Waals surface area contributed by atoms with Crippen LogP contribution in [0.25, 0.3) is 0 Å². The lowest BCUT2D eigenvalue weighted by Crippen LogP contribution is -2.28. The van der Waals surface area contributed by atoms with E-state index in [0.29, 0.717) is 0 Å². The van der Waals surface area contributed by atoms with E-state index in [0.717, 1.165) is 17.3 Å². The molecular formula is C15H21Br2N. The van der Waals surface area contributed by atoms with Crippen molar-refractivity contribution in [1.29, 1.82) is 0 Å². The molecule has 3 heteroatoms. The molecule has 18 heavy (non-hydrogen) atoms. The summed E-state index contributed by atoms with van der Waals surface area (Å²) in [5, 5.41) is 0.923. The zero-order valence-corrected chi connectivity index (χ0v) is 14.3. The molecule has 0 amide bonds. The van der Waals surface area contributed by atoms with Crippen molar-refractivity contribution < 1.29 is 0 Å². The summed E-state index contributed by atoms with van der Waals surface area (Å²) in [6.07, 6.45) is 3.99. The second-order valence-electron chi connectivity index (χ2n) is 5.51. The fraction of sp³-hybridized carbons (Fsp3) is 0.600. The Bertz CT molecular complexity index is 399. The lowest BCUT2D eigenvalue weighted by molar-refractivity contribution is 0.570. The van der Waals surface area contributed by atoms with Crippen LogP contribution in [0.1, 0.15) is 38.7 Å². The van der Waals surface area contributed by atoms with Crippen LogP contribution in [0.3, 0.4) is 0 Å². The zero-order valence-electron chi connectivity index (χ0n) is 11.1. The number of nitrogens with zero attached hydrogens (tertiary/aromatic N) is 1. The first-order valence-corrected chi connectivity index (χ1v) is 8.64. The maximum absolute atomic E-state index is 3.61. The van der Waals surface area contributed by atoms with Gasteiger partial charge in [-0.1, -0.05) is 45.7 Å². The summed E-state index contributed by atoms with van der Waals surface area (Å²) in [6, 6.07) is 7.43.